The Kier molecular flexibility index (Phi) is 4.11. The molecule has 0 amide bonds. The Hall–Kier alpha value is -1.95. The molecule has 0 spiro atoms. The Morgan fingerprint density at radius 3 is 2.89 bits per heavy atom. The van der Waals surface area contributed by atoms with Crippen molar-refractivity contribution in [3.63, 3.8) is 0 Å². The zero-order valence-electron chi connectivity index (χ0n) is 10.8. The highest BCUT2D eigenvalue weighted by Crippen LogP contribution is 2.28. The number of benzene rings is 1. The molecule has 1 heterocycles. The van der Waals surface area contributed by atoms with Gasteiger partial charge in [0.05, 0.1) is 12.8 Å². The van der Waals surface area contributed by atoms with Crippen LogP contribution < -0.4 is 10.5 Å². The van der Waals surface area contributed by atoms with Crippen LogP contribution in [-0.2, 0) is 5.75 Å². The first-order chi connectivity index (χ1) is 9.10. The first kappa shape index (κ1) is 13.5. The maximum atomic E-state index is 7.46. The number of rotatable bonds is 5. The molecule has 0 unspecified atom stereocenters. The van der Waals surface area contributed by atoms with E-state index >= 15 is 0 Å². The smallest absolute Gasteiger partial charge is 0.256 e. The Bertz CT molecular complexity index is 595. The van der Waals surface area contributed by atoms with E-state index in [4.69, 9.17) is 20.3 Å². The summed E-state index contributed by atoms with van der Waals surface area (Å²) in [5.74, 6) is 1.45. The van der Waals surface area contributed by atoms with E-state index in [1.807, 2.05) is 19.1 Å². The van der Waals surface area contributed by atoms with Crippen LogP contribution in [-0.4, -0.2) is 17.9 Å². The van der Waals surface area contributed by atoms with Crippen molar-refractivity contribution < 1.29 is 9.15 Å². The zero-order valence-corrected chi connectivity index (χ0v) is 11.6. The highest BCUT2D eigenvalue weighted by Gasteiger charge is 2.09. The van der Waals surface area contributed by atoms with Crippen LogP contribution in [0.1, 0.15) is 16.8 Å². The van der Waals surface area contributed by atoms with E-state index in [0.717, 1.165) is 17.0 Å². The number of amidine groups is 1. The van der Waals surface area contributed by atoms with Gasteiger partial charge in [-0.25, -0.2) is 4.98 Å². The summed E-state index contributed by atoms with van der Waals surface area (Å²) in [5, 5.41) is 8.08. The minimum atomic E-state index is 0.0425. The molecule has 0 fully saturated rings. The van der Waals surface area contributed by atoms with Gasteiger partial charge in [-0.15, -0.1) is 0 Å². The summed E-state index contributed by atoms with van der Waals surface area (Å²) in [6, 6.07) is 5.43. The Labute approximate surface area is 115 Å². The average molecular weight is 277 g/mol. The fourth-order valence-corrected chi connectivity index (χ4v) is 2.43. The Balaban J connectivity index is 2.17. The fraction of sp³-hybridized carbons (Fsp3) is 0.231. The molecule has 1 aromatic heterocycles. The maximum Gasteiger partial charge on any atom is 0.256 e. The second-order valence-electron chi connectivity index (χ2n) is 3.98. The quantitative estimate of drug-likeness (QED) is 0.498. The molecule has 0 aliphatic rings. The molecule has 2 rings (SSSR count). The highest BCUT2D eigenvalue weighted by atomic mass is 32.2. The van der Waals surface area contributed by atoms with E-state index in [2.05, 4.69) is 4.98 Å². The Morgan fingerprint density at radius 2 is 2.32 bits per heavy atom. The summed E-state index contributed by atoms with van der Waals surface area (Å²) in [4.78, 5) is 4.23. The average Bonchev–Trinajstić information content (AvgIpc) is 2.81. The first-order valence-corrected chi connectivity index (χ1v) is 6.65. The lowest BCUT2D eigenvalue weighted by molar-refractivity contribution is 0.411. The largest absolute Gasteiger partial charge is 0.496 e. The van der Waals surface area contributed by atoms with Crippen LogP contribution in [0.4, 0.5) is 0 Å². The molecule has 0 bridgehead atoms. The van der Waals surface area contributed by atoms with Crippen LogP contribution in [0, 0.1) is 12.3 Å². The molecule has 0 saturated carbocycles. The van der Waals surface area contributed by atoms with E-state index in [0.29, 0.717) is 16.5 Å². The third-order valence-corrected chi connectivity index (χ3v) is 3.43. The van der Waals surface area contributed by atoms with Gasteiger partial charge in [0.25, 0.3) is 5.22 Å². The molecule has 0 aliphatic heterocycles. The number of nitrogens with zero attached hydrogens (tertiary/aromatic N) is 1. The Morgan fingerprint density at radius 1 is 1.53 bits per heavy atom. The van der Waals surface area contributed by atoms with Crippen LogP contribution in [0.5, 0.6) is 5.75 Å². The second kappa shape index (κ2) is 5.79. The number of aryl methyl sites for hydroxylation is 1. The molecular formula is C13H15N3O2S. The van der Waals surface area contributed by atoms with Crippen molar-refractivity contribution in [2.45, 2.75) is 17.9 Å². The number of thioether (sulfide) groups is 1. The highest BCUT2D eigenvalue weighted by molar-refractivity contribution is 7.98. The number of nitrogens with two attached hydrogens (primary N) is 1. The molecule has 3 N–H and O–H groups in total. The van der Waals surface area contributed by atoms with Gasteiger partial charge in [0, 0.05) is 16.9 Å². The lowest BCUT2D eigenvalue weighted by Gasteiger charge is -2.09. The minimum absolute atomic E-state index is 0.0425. The van der Waals surface area contributed by atoms with Gasteiger partial charge in [-0.05, 0) is 25.1 Å². The summed E-state index contributed by atoms with van der Waals surface area (Å²) in [6.07, 6.45) is 1.62. The van der Waals surface area contributed by atoms with Crippen LogP contribution >= 0.6 is 11.8 Å². The molecule has 100 valence electrons. The standard InChI is InChI=1S/C13H15N3O2S/c1-8-6-18-13(16-8)19-7-10-5-9(12(14)15)3-4-11(10)17-2/h3-6H,7H2,1-2H3,(H3,14,15). The third kappa shape index (κ3) is 3.29. The molecule has 0 saturated heterocycles. The number of nitrogen functional groups attached to an aromatic ring is 1. The van der Waals surface area contributed by atoms with Gasteiger partial charge in [-0.3, -0.25) is 5.41 Å². The van der Waals surface area contributed by atoms with Crippen LogP contribution in [0.3, 0.4) is 0 Å². The number of methoxy groups -OCH3 is 1. The monoisotopic (exact) mass is 277 g/mol. The van der Waals surface area contributed by atoms with Crippen molar-refractivity contribution in [2.24, 2.45) is 5.73 Å². The number of hydrogen-bond donors (Lipinski definition) is 2. The second-order valence-corrected chi connectivity index (χ2v) is 4.91. The fourth-order valence-electron chi connectivity index (χ4n) is 1.60. The molecule has 0 radical (unpaired) electrons. The number of ether oxygens (including phenoxy) is 1. The SMILES string of the molecule is COc1ccc(C(=N)N)cc1CSc1nc(C)co1. The maximum absolute atomic E-state index is 7.46. The van der Waals surface area contributed by atoms with Gasteiger partial charge in [0.15, 0.2) is 0 Å². The van der Waals surface area contributed by atoms with Crippen molar-refractivity contribution in [3.05, 3.63) is 41.3 Å². The summed E-state index contributed by atoms with van der Waals surface area (Å²) < 4.78 is 10.6. The predicted molar refractivity (Wildman–Crippen MR) is 74.8 cm³/mol. The van der Waals surface area contributed by atoms with Gasteiger partial charge in [-0.1, -0.05) is 11.8 Å². The van der Waals surface area contributed by atoms with Gasteiger partial charge < -0.3 is 14.9 Å². The molecule has 1 aromatic carbocycles. The summed E-state index contributed by atoms with van der Waals surface area (Å²) in [5.41, 5.74) is 7.98. The third-order valence-electron chi connectivity index (χ3n) is 2.54. The normalized spacial score (nSPS) is 10.4. The van der Waals surface area contributed by atoms with Crippen molar-refractivity contribution in [1.29, 1.82) is 5.41 Å². The van der Waals surface area contributed by atoms with E-state index in [1.165, 1.54) is 11.8 Å². The summed E-state index contributed by atoms with van der Waals surface area (Å²) in [7, 11) is 1.62. The van der Waals surface area contributed by atoms with Crippen LogP contribution in [0.2, 0.25) is 0 Å². The van der Waals surface area contributed by atoms with Crippen molar-refractivity contribution in [2.75, 3.05) is 7.11 Å². The van der Waals surface area contributed by atoms with E-state index in [-0.39, 0.29) is 5.84 Å². The van der Waals surface area contributed by atoms with Crippen molar-refractivity contribution in [1.82, 2.24) is 4.98 Å². The molecule has 0 aliphatic carbocycles. The topological polar surface area (TPSA) is 85.1 Å². The van der Waals surface area contributed by atoms with Crippen LogP contribution in [0.25, 0.3) is 0 Å². The molecule has 0 atom stereocenters. The number of oxazole rings is 1. The minimum Gasteiger partial charge on any atom is -0.496 e. The predicted octanol–water partition coefficient (Wildman–Crippen LogP) is 2.57. The molecule has 2 aromatic rings. The lowest BCUT2D eigenvalue weighted by atomic mass is 10.1. The lowest BCUT2D eigenvalue weighted by Crippen LogP contribution is -2.11. The molecular weight excluding hydrogens is 262 g/mol. The number of hydrogen-bond acceptors (Lipinski definition) is 5. The van der Waals surface area contributed by atoms with Crippen molar-refractivity contribution in [3.8, 4) is 5.75 Å². The summed E-state index contributed by atoms with van der Waals surface area (Å²) in [6.45, 7) is 1.88. The number of nitrogens with one attached hydrogen (secondary N) is 1. The summed E-state index contributed by atoms with van der Waals surface area (Å²) >= 11 is 1.48. The van der Waals surface area contributed by atoms with E-state index in [9.17, 15) is 0 Å². The van der Waals surface area contributed by atoms with E-state index in [1.54, 1.807) is 19.4 Å². The first-order valence-electron chi connectivity index (χ1n) is 5.66. The van der Waals surface area contributed by atoms with E-state index < -0.39 is 0 Å². The van der Waals surface area contributed by atoms with Crippen molar-refractivity contribution >= 4 is 17.6 Å². The zero-order chi connectivity index (χ0) is 13.8. The van der Waals surface area contributed by atoms with Gasteiger partial charge in [-0.2, -0.15) is 0 Å². The van der Waals surface area contributed by atoms with Gasteiger partial charge >= 0.3 is 0 Å². The molecule has 5 nitrogen and oxygen atoms in total. The van der Waals surface area contributed by atoms with Crippen LogP contribution in [0.15, 0.2) is 34.1 Å². The molecule has 6 heteroatoms. The molecule has 19 heavy (non-hydrogen) atoms. The number of aromatic nitrogens is 1. The van der Waals surface area contributed by atoms with Gasteiger partial charge in [0.1, 0.15) is 17.8 Å². The van der Waals surface area contributed by atoms with Gasteiger partial charge in [0.2, 0.25) is 0 Å².